The van der Waals surface area contributed by atoms with Crippen LogP contribution in [0.3, 0.4) is 0 Å². The van der Waals surface area contributed by atoms with Crippen molar-refractivity contribution < 1.29 is 24.1 Å². The number of rotatable bonds is 9. The van der Waals surface area contributed by atoms with E-state index in [9.17, 15) is 9.90 Å². The van der Waals surface area contributed by atoms with Gasteiger partial charge in [-0.1, -0.05) is 23.7 Å². The topological polar surface area (TPSA) is 77.0 Å². The highest BCUT2D eigenvalue weighted by molar-refractivity contribution is 7.99. The lowest BCUT2D eigenvalue weighted by molar-refractivity contribution is -0.138. The molecular formula is C23H28ClNO5S. The number of nitrogens with one attached hydrogen (secondary N) is 1. The Balaban J connectivity index is 1.68. The molecule has 2 aromatic rings. The molecule has 2 unspecified atom stereocenters. The van der Waals surface area contributed by atoms with Crippen LogP contribution in [0.2, 0.25) is 5.02 Å². The molecule has 1 saturated heterocycles. The van der Waals surface area contributed by atoms with E-state index in [1.54, 1.807) is 6.07 Å². The zero-order valence-corrected chi connectivity index (χ0v) is 19.7. The third kappa shape index (κ3) is 5.59. The monoisotopic (exact) mass is 465 g/mol. The highest BCUT2D eigenvalue weighted by Crippen LogP contribution is 2.42. The molecule has 1 aliphatic heterocycles. The molecule has 2 atom stereocenters. The second-order valence-electron chi connectivity index (χ2n) is 7.38. The van der Waals surface area contributed by atoms with E-state index in [0.29, 0.717) is 42.1 Å². The van der Waals surface area contributed by atoms with Crippen molar-refractivity contribution in [2.24, 2.45) is 0 Å². The van der Waals surface area contributed by atoms with Crippen LogP contribution in [0.4, 0.5) is 0 Å². The van der Waals surface area contributed by atoms with Gasteiger partial charge in [-0.2, -0.15) is 0 Å². The summed E-state index contributed by atoms with van der Waals surface area (Å²) in [7, 11) is 0. The number of hydrogen-bond donors (Lipinski definition) is 2. The van der Waals surface area contributed by atoms with Gasteiger partial charge in [-0.15, -0.1) is 11.8 Å². The molecule has 6 nitrogen and oxygen atoms in total. The third-order valence-electron chi connectivity index (χ3n) is 5.16. The molecule has 2 aromatic carbocycles. The van der Waals surface area contributed by atoms with Crippen LogP contribution in [0.1, 0.15) is 34.6 Å². The second-order valence-corrected chi connectivity index (χ2v) is 8.93. The van der Waals surface area contributed by atoms with E-state index in [0.717, 1.165) is 22.4 Å². The maximum atomic E-state index is 11.2. The maximum absolute atomic E-state index is 11.2. The van der Waals surface area contributed by atoms with Crippen LogP contribution in [0.25, 0.3) is 0 Å². The first-order valence-electron chi connectivity index (χ1n) is 10.2. The van der Waals surface area contributed by atoms with E-state index in [2.05, 4.69) is 18.3 Å². The summed E-state index contributed by atoms with van der Waals surface area (Å²) in [5, 5.41) is 12.6. The van der Waals surface area contributed by atoms with Gasteiger partial charge in [-0.05, 0) is 62.1 Å². The normalized spacial score (nSPS) is 18.1. The first-order valence-corrected chi connectivity index (χ1v) is 11.6. The van der Waals surface area contributed by atoms with E-state index in [4.69, 9.17) is 25.8 Å². The lowest BCUT2D eigenvalue weighted by atomic mass is 10.1. The standard InChI is InChI=1S/C23H28ClNO5S/c1-5-28-19-11-16(22-25-18(12-31-22)23(26)27)10-17(24)21(19)30-9-8-29-20-14(3)7-6-13(2)15(20)4/h6-7,10-11,18,22,25H,5,8-9,12H2,1-4H3,(H,26,27). The number of halogens is 1. The quantitative estimate of drug-likeness (QED) is 0.509. The Hall–Kier alpha value is -2.09. The predicted molar refractivity (Wildman–Crippen MR) is 124 cm³/mol. The van der Waals surface area contributed by atoms with Gasteiger partial charge in [0.05, 0.1) is 17.0 Å². The fourth-order valence-corrected chi connectivity index (χ4v) is 4.87. The van der Waals surface area contributed by atoms with Crippen LogP contribution in [-0.4, -0.2) is 42.7 Å². The van der Waals surface area contributed by atoms with Gasteiger partial charge in [-0.3, -0.25) is 10.1 Å². The minimum Gasteiger partial charge on any atom is -0.490 e. The van der Waals surface area contributed by atoms with Gasteiger partial charge < -0.3 is 19.3 Å². The van der Waals surface area contributed by atoms with E-state index < -0.39 is 12.0 Å². The summed E-state index contributed by atoms with van der Waals surface area (Å²) in [4.78, 5) is 11.2. The summed E-state index contributed by atoms with van der Waals surface area (Å²) in [6.07, 6.45) is 0. The zero-order chi connectivity index (χ0) is 22.5. The van der Waals surface area contributed by atoms with E-state index in [1.807, 2.05) is 32.9 Å². The third-order valence-corrected chi connectivity index (χ3v) is 6.71. The summed E-state index contributed by atoms with van der Waals surface area (Å²) < 4.78 is 17.7. The van der Waals surface area contributed by atoms with Gasteiger partial charge in [0.2, 0.25) is 0 Å². The van der Waals surface area contributed by atoms with Crippen molar-refractivity contribution in [3.05, 3.63) is 51.5 Å². The second kappa shape index (κ2) is 10.5. The van der Waals surface area contributed by atoms with Crippen LogP contribution >= 0.6 is 23.4 Å². The summed E-state index contributed by atoms with van der Waals surface area (Å²) in [6, 6.07) is 7.20. The van der Waals surface area contributed by atoms with Gasteiger partial charge in [0, 0.05) is 5.75 Å². The van der Waals surface area contributed by atoms with Crippen molar-refractivity contribution in [1.29, 1.82) is 0 Å². The molecule has 0 aromatic heterocycles. The number of ether oxygens (including phenoxy) is 3. The highest BCUT2D eigenvalue weighted by atomic mass is 35.5. The number of carboxylic acid groups (broad SMARTS) is 1. The number of hydrogen-bond acceptors (Lipinski definition) is 6. The van der Waals surface area contributed by atoms with Crippen molar-refractivity contribution in [3.63, 3.8) is 0 Å². The highest BCUT2D eigenvalue weighted by Gasteiger charge is 2.31. The Morgan fingerprint density at radius 2 is 1.81 bits per heavy atom. The van der Waals surface area contributed by atoms with Crippen LogP contribution in [0.5, 0.6) is 17.2 Å². The van der Waals surface area contributed by atoms with Crippen molar-refractivity contribution in [2.45, 2.75) is 39.1 Å². The van der Waals surface area contributed by atoms with Gasteiger partial charge >= 0.3 is 5.97 Å². The maximum Gasteiger partial charge on any atom is 0.321 e. The smallest absolute Gasteiger partial charge is 0.321 e. The Bertz CT molecular complexity index is 952. The van der Waals surface area contributed by atoms with Crippen molar-refractivity contribution in [2.75, 3.05) is 25.6 Å². The van der Waals surface area contributed by atoms with Gasteiger partial charge in [-0.25, -0.2) is 0 Å². The average molecular weight is 466 g/mol. The van der Waals surface area contributed by atoms with Crippen molar-refractivity contribution in [1.82, 2.24) is 5.32 Å². The Kier molecular flexibility index (Phi) is 7.97. The number of carbonyl (C=O) groups is 1. The summed E-state index contributed by atoms with van der Waals surface area (Å²) in [5.41, 5.74) is 4.25. The Labute approximate surface area is 192 Å². The fourth-order valence-electron chi connectivity index (χ4n) is 3.38. The Morgan fingerprint density at radius 1 is 1.13 bits per heavy atom. The molecule has 0 bridgehead atoms. The fraction of sp³-hybridized carbons (Fsp3) is 0.435. The first-order chi connectivity index (χ1) is 14.8. The predicted octanol–water partition coefficient (Wildman–Crippen LogP) is 4.91. The molecule has 8 heteroatoms. The molecule has 3 rings (SSSR count). The molecule has 0 saturated carbocycles. The Morgan fingerprint density at radius 3 is 2.45 bits per heavy atom. The molecule has 1 heterocycles. The largest absolute Gasteiger partial charge is 0.490 e. The van der Waals surface area contributed by atoms with Crippen LogP contribution in [0.15, 0.2) is 24.3 Å². The molecular weight excluding hydrogens is 438 g/mol. The van der Waals surface area contributed by atoms with Crippen molar-refractivity contribution >= 4 is 29.3 Å². The van der Waals surface area contributed by atoms with Crippen LogP contribution < -0.4 is 19.5 Å². The number of aryl methyl sites for hydroxylation is 2. The number of aliphatic carboxylic acids is 1. The molecule has 168 valence electrons. The van der Waals surface area contributed by atoms with E-state index in [-0.39, 0.29) is 5.37 Å². The molecule has 0 spiro atoms. The summed E-state index contributed by atoms with van der Waals surface area (Å²) in [5.74, 6) is 1.52. The number of thioether (sulfide) groups is 1. The molecule has 0 amide bonds. The average Bonchev–Trinajstić information content (AvgIpc) is 3.22. The lowest BCUT2D eigenvalue weighted by Crippen LogP contribution is -2.33. The number of benzene rings is 2. The molecule has 31 heavy (non-hydrogen) atoms. The molecule has 0 aliphatic carbocycles. The molecule has 0 radical (unpaired) electrons. The van der Waals surface area contributed by atoms with E-state index >= 15 is 0 Å². The van der Waals surface area contributed by atoms with Crippen LogP contribution in [-0.2, 0) is 4.79 Å². The molecule has 2 N–H and O–H groups in total. The van der Waals surface area contributed by atoms with Crippen molar-refractivity contribution in [3.8, 4) is 17.2 Å². The lowest BCUT2D eigenvalue weighted by Gasteiger charge is -2.19. The number of carboxylic acids is 1. The van der Waals surface area contributed by atoms with Gasteiger partial charge in [0.25, 0.3) is 0 Å². The van der Waals surface area contributed by atoms with Gasteiger partial charge in [0.1, 0.15) is 25.0 Å². The van der Waals surface area contributed by atoms with E-state index in [1.165, 1.54) is 17.3 Å². The molecule has 1 aliphatic rings. The summed E-state index contributed by atoms with van der Waals surface area (Å²) >= 11 is 8.04. The summed E-state index contributed by atoms with van der Waals surface area (Å²) in [6.45, 7) is 9.15. The minimum absolute atomic E-state index is 0.164. The van der Waals surface area contributed by atoms with Crippen LogP contribution in [0, 0.1) is 20.8 Å². The SMILES string of the molecule is CCOc1cc(C2NC(C(=O)O)CS2)cc(Cl)c1OCCOc1c(C)ccc(C)c1C. The van der Waals surface area contributed by atoms with Gasteiger partial charge in [0.15, 0.2) is 11.5 Å². The zero-order valence-electron chi connectivity index (χ0n) is 18.2. The minimum atomic E-state index is -0.856. The molecule has 1 fully saturated rings. The first kappa shape index (κ1) is 23.6.